The van der Waals surface area contributed by atoms with E-state index in [-0.39, 0.29) is 18.2 Å². The van der Waals surface area contributed by atoms with E-state index in [1.165, 1.54) is 6.07 Å². The Morgan fingerprint density at radius 3 is 2.80 bits per heavy atom. The molecule has 1 heterocycles. The lowest BCUT2D eigenvalue weighted by molar-refractivity contribution is -0.129. The van der Waals surface area contributed by atoms with E-state index in [0.29, 0.717) is 25.2 Å². The Balaban J connectivity index is 2.02. The van der Waals surface area contributed by atoms with Crippen molar-refractivity contribution in [3.63, 3.8) is 0 Å². The van der Waals surface area contributed by atoms with Crippen molar-refractivity contribution in [2.24, 2.45) is 11.7 Å². The second-order valence-corrected chi connectivity index (χ2v) is 4.82. The van der Waals surface area contributed by atoms with Gasteiger partial charge in [0.15, 0.2) is 0 Å². The van der Waals surface area contributed by atoms with Gasteiger partial charge in [0.1, 0.15) is 11.9 Å². The number of nitrogens with one attached hydrogen (secondary N) is 1. The maximum atomic E-state index is 13.6. The summed E-state index contributed by atoms with van der Waals surface area (Å²) in [5.74, 6) is -1.64. The lowest BCUT2D eigenvalue weighted by Crippen LogP contribution is -2.48. The van der Waals surface area contributed by atoms with E-state index in [4.69, 9.17) is 10.5 Å². The first-order valence-electron chi connectivity index (χ1n) is 6.48. The maximum absolute atomic E-state index is 13.6. The highest BCUT2D eigenvalue weighted by Gasteiger charge is 2.27. The first kappa shape index (κ1) is 14.5. The van der Waals surface area contributed by atoms with Crippen LogP contribution >= 0.6 is 0 Å². The fraction of sp³-hybridized carbons (Fsp3) is 0.429. The molecule has 20 heavy (non-hydrogen) atoms. The monoisotopic (exact) mass is 280 g/mol. The van der Waals surface area contributed by atoms with Gasteiger partial charge in [-0.05, 0) is 18.1 Å². The number of hydrogen-bond donors (Lipinski definition) is 2. The molecule has 1 aromatic rings. The molecule has 0 saturated carbocycles. The van der Waals surface area contributed by atoms with Crippen molar-refractivity contribution in [2.75, 3.05) is 13.2 Å². The normalized spacial score (nSPS) is 19.6. The molecule has 6 heteroatoms. The highest BCUT2D eigenvalue weighted by Crippen LogP contribution is 2.14. The molecule has 0 unspecified atom stereocenters. The van der Waals surface area contributed by atoms with Crippen LogP contribution in [0, 0.1) is 11.7 Å². The topological polar surface area (TPSA) is 81.4 Å². The van der Waals surface area contributed by atoms with Crippen LogP contribution in [0.5, 0.6) is 0 Å². The quantitative estimate of drug-likeness (QED) is 0.818. The molecule has 1 aromatic carbocycles. The van der Waals surface area contributed by atoms with Crippen molar-refractivity contribution < 1.29 is 18.7 Å². The van der Waals surface area contributed by atoms with Gasteiger partial charge in [0.2, 0.25) is 11.8 Å². The Bertz CT molecular complexity index is 501. The Hall–Kier alpha value is -1.95. The van der Waals surface area contributed by atoms with E-state index in [0.717, 1.165) is 0 Å². The smallest absolute Gasteiger partial charge is 0.240 e. The Labute approximate surface area is 116 Å². The Morgan fingerprint density at radius 1 is 1.45 bits per heavy atom. The van der Waals surface area contributed by atoms with Crippen LogP contribution < -0.4 is 11.1 Å². The zero-order valence-electron chi connectivity index (χ0n) is 11.0. The lowest BCUT2D eigenvalue weighted by atomic mass is 10.0. The number of primary amides is 1. The summed E-state index contributed by atoms with van der Waals surface area (Å²) in [6.45, 7) is 0.879. The molecule has 1 aliphatic heterocycles. The van der Waals surface area contributed by atoms with E-state index in [1.807, 2.05) is 0 Å². The third-order valence-corrected chi connectivity index (χ3v) is 3.34. The van der Waals surface area contributed by atoms with Crippen LogP contribution in [0.2, 0.25) is 0 Å². The van der Waals surface area contributed by atoms with Crippen molar-refractivity contribution in [1.82, 2.24) is 5.32 Å². The Kier molecular flexibility index (Phi) is 4.68. The first-order chi connectivity index (χ1) is 9.58. The predicted octanol–water partition coefficient (Wildman–Crippen LogP) is 0.375. The van der Waals surface area contributed by atoms with Crippen LogP contribution in [0.4, 0.5) is 4.39 Å². The molecule has 0 aliphatic carbocycles. The second kappa shape index (κ2) is 6.47. The molecule has 1 aliphatic rings. The second-order valence-electron chi connectivity index (χ2n) is 4.82. The van der Waals surface area contributed by atoms with Crippen LogP contribution in [0.25, 0.3) is 0 Å². The highest BCUT2D eigenvalue weighted by atomic mass is 19.1. The maximum Gasteiger partial charge on any atom is 0.240 e. The van der Waals surface area contributed by atoms with E-state index < -0.39 is 17.8 Å². The minimum atomic E-state index is -0.917. The van der Waals surface area contributed by atoms with Crippen molar-refractivity contribution in [3.8, 4) is 0 Å². The van der Waals surface area contributed by atoms with Crippen LogP contribution in [-0.2, 0) is 20.7 Å². The fourth-order valence-electron chi connectivity index (χ4n) is 2.14. The zero-order chi connectivity index (χ0) is 14.5. The number of carbonyl (C=O) groups is 2. The highest BCUT2D eigenvalue weighted by molar-refractivity contribution is 5.87. The van der Waals surface area contributed by atoms with Gasteiger partial charge in [-0.2, -0.15) is 0 Å². The first-order valence-corrected chi connectivity index (χ1v) is 6.48. The van der Waals surface area contributed by atoms with Gasteiger partial charge in [-0.1, -0.05) is 18.2 Å². The van der Waals surface area contributed by atoms with E-state index >= 15 is 0 Å². The zero-order valence-corrected chi connectivity index (χ0v) is 11.0. The number of halogens is 1. The number of rotatable bonds is 5. The molecule has 0 aromatic heterocycles. The number of ether oxygens (including phenoxy) is 1. The van der Waals surface area contributed by atoms with E-state index in [9.17, 15) is 14.0 Å². The standard InChI is InChI=1S/C14H17FN2O3/c15-11-4-2-1-3-9(11)7-12(13(16)18)17-14(19)10-5-6-20-8-10/h1-4,10,12H,5-8H2,(H2,16,18)(H,17,19)/t10-,12+/m1/s1. The molecule has 1 saturated heterocycles. The molecule has 0 bridgehead atoms. The Morgan fingerprint density at radius 2 is 2.20 bits per heavy atom. The molecule has 5 nitrogen and oxygen atoms in total. The molecule has 108 valence electrons. The predicted molar refractivity (Wildman–Crippen MR) is 70.2 cm³/mol. The summed E-state index contributed by atoms with van der Waals surface area (Å²) in [5, 5.41) is 2.57. The minimum absolute atomic E-state index is 0.0430. The third-order valence-electron chi connectivity index (χ3n) is 3.34. The lowest BCUT2D eigenvalue weighted by Gasteiger charge is -2.18. The number of carbonyl (C=O) groups excluding carboxylic acids is 2. The summed E-state index contributed by atoms with van der Waals surface area (Å²) in [7, 11) is 0. The van der Waals surface area contributed by atoms with Crippen molar-refractivity contribution in [2.45, 2.75) is 18.9 Å². The molecular weight excluding hydrogens is 263 g/mol. The largest absolute Gasteiger partial charge is 0.381 e. The minimum Gasteiger partial charge on any atom is -0.381 e. The van der Waals surface area contributed by atoms with Gasteiger partial charge in [-0.25, -0.2) is 4.39 Å². The molecule has 0 radical (unpaired) electrons. The molecule has 2 rings (SSSR count). The van der Waals surface area contributed by atoms with Crippen molar-refractivity contribution >= 4 is 11.8 Å². The van der Waals surface area contributed by atoms with Gasteiger partial charge >= 0.3 is 0 Å². The average molecular weight is 280 g/mol. The average Bonchev–Trinajstić information content (AvgIpc) is 2.94. The molecule has 1 fully saturated rings. The molecular formula is C14H17FN2O3. The van der Waals surface area contributed by atoms with Crippen LogP contribution in [0.15, 0.2) is 24.3 Å². The fourth-order valence-corrected chi connectivity index (χ4v) is 2.14. The molecule has 3 N–H and O–H groups in total. The third kappa shape index (κ3) is 3.54. The van der Waals surface area contributed by atoms with Crippen LogP contribution in [0.3, 0.4) is 0 Å². The molecule has 2 amide bonds. The van der Waals surface area contributed by atoms with Crippen molar-refractivity contribution in [3.05, 3.63) is 35.6 Å². The molecule has 2 atom stereocenters. The number of hydrogen-bond acceptors (Lipinski definition) is 3. The van der Waals surface area contributed by atoms with Gasteiger partial charge in [0.05, 0.1) is 12.5 Å². The summed E-state index contributed by atoms with van der Waals surface area (Å²) in [6.07, 6.45) is 0.665. The molecule has 0 spiro atoms. The summed E-state index contributed by atoms with van der Waals surface area (Å²) in [5.41, 5.74) is 5.62. The number of amides is 2. The number of nitrogens with two attached hydrogens (primary N) is 1. The summed E-state index contributed by atoms with van der Waals surface area (Å²) < 4.78 is 18.7. The van der Waals surface area contributed by atoms with Crippen LogP contribution in [0.1, 0.15) is 12.0 Å². The van der Waals surface area contributed by atoms with Gasteiger partial charge < -0.3 is 15.8 Å². The van der Waals surface area contributed by atoms with Crippen molar-refractivity contribution in [1.29, 1.82) is 0 Å². The summed E-state index contributed by atoms with van der Waals surface area (Å²) in [4.78, 5) is 23.4. The van der Waals surface area contributed by atoms with Gasteiger partial charge in [0, 0.05) is 13.0 Å². The SMILES string of the molecule is NC(=O)[C@H](Cc1ccccc1F)NC(=O)[C@@H]1CCOC1. The van der Waals surface area contributed by atoms with E-state index in [2.05, 4.69) is 5.32 Å². The van der Waals surface area contributed by atoms with E-state index in [1.54, 1.807) is 18.2 Å². The van der Waals surface area contributed by atoms with Crippen LogP contribution in [-0.4, -0.2) is 31.1 Å². The van der Waals surface area contributed by atoms with Gasteiger partial charge in [0.25, 0.3) is 0 Å². The van der Waals surface area contributed by atoms with Gasteiger partial charge in [-0.3, -0.25) is 9.59 Å². The number of benzene rings is 1. The summed E-state index contributed by atoms with van der Waals surface area (Å²) >= 11 is 0. The van der Waals surface area contributed by atoms with Gasteiger partial charge in [-0.15, -0.1) is 0 Å². The summed E-state index contributed by atoms with van der Waals surface area (Å²) in [6, 6.07) is 5.19.